The van der Waals surface area contributed by atoms with Gasteiger partial charge in [-0.25, -0.2) is 4.79 Å². The molecule has 0 radical (unpaired) electrons. The predicted octanol–water partition coefficient (Wildman–Crippen LogP) is 3.79. The fourth-order valence-corrected chi connectivity index (χ4v) is 2.85. The minimum Gasteiger partial charge on any atom is -0.493 e. The van der Waals surface area contributed by atoms with Crippen LogP contribution in [0.1, 0.15) is 39.2 Å². The number of likely N-dealkylation sites (tertiary alicyclic amines) is 1. The van der Waals surface area contributed by atoms with Gasteiger partial charge in [-0.3, -0.25) is 0 Å². The van der Waals surface area contributed by atoms with Gasteiger partial charge in [0.25, 0.3) is 0 Å². The second kappa shape index (κ2) is 8.79. The topological polar surface area (TPSA) is 71.8 Å². The number of piperidine rings is 1. The van der Waals surface area contributed by atoms with Crippen LogP contribution in [0.2, 0.25) is 0 Å². The van der Waals surface area contributed by atoms with Crippen LogP contribution in [0.5, 0.6) is 11.5 Å². The Bertz CT molecular complexity index is 653. The maximum atomic E-state index is 12.1. The summed E-state index contributed by atoms with van der Waals surface area (Å²) in [6.07, 6.45) is 1.84. The largest absolute Gasteiger partial charge is 0.493 e. The summed E-state index contributed by atoms with van der Waals surface area (Å²) in [7, 11) is 1.60. The summed E-state index contributed by atoms with van der Waals surface area (Å²) >= 11 is 0. The second-order valence-electron chi connectivity index (χ2n) is 7.54. The molecule has 2 rings (SSSR count). The lowest BCUT2D eigenvalue weighted by molar-refractivity contribution is 0.0164. The molecule has 1 aromatic carbocycles. The van der Waals surface area contributed by atoms with Crippen molar-refractivity contribution in [3.63, 3.8) is 0 Å². The molecule has 0 aliphatic carbocycles. The zero-order chi connectivity index (χ0) is 19.2. The van der Waals surface area contributed by atoms with E-state index in [9.17, 15) is 4.79 Å². The van der Waals surface area contributed by atoms with E-state index < -0.39 is 5.60 Å². The van der Waals surface area contributed by atoms with Gasteiger partial charge in [0.15, 0.2) is 11.5 Å². The molecule has 1 aliphatic rings. The van der Waals surface area contributed by atoms with Crippen molar-refractivity contribution in [3.05, 3.63) is 23.8 Å². The monoisotopic (exact) mass is 360 g/mol. The lowest BCUT2D eigenvalue weighted by atomic mass is 9.98. The lowest BCUT2D eigenvalue weighted by Crippen LogP contribution is -2.42. The van der Waals surface area contributed by atoms with Crippen LogP contribution in [0.3, 0.4) is 0 Å². The molecule has 0 saturated carbocycles. The van der Waals surface area contributed by atoms with Crippen LogP contribution in [0.4, 0.5) is 4.79 Å². The SMILES string of the molecule is COc1ccc(CC#N)cc1OCC1CCN(C(=O)OC(C)(C)C)CC1. The Hall–Kier alpha value is -2.42. The van der Waals surface area contributed by atoms with Crippen molar-refractivity contribution in [3.8, 4) is 17.6 Å². The highest BCUT2D eigenvalue weighted by molar-refractivity contribution is 5.68. The first kappa shape index (κ1) is 19.9. The molecule has 0 aromatic heterocycles. The fourth-order valence-electron chi connectivity index (χ4n) is 2.85. The zero-order valence-corrected chi connectivity index (χ0v) is 16.1. The molecule has 0 spiro atoms. The molecule has 1 heterocycles. The van der Waals surface area contributed by atoms with Gasteiger partial charge < -0.3 is 19.1 Å². The number of benzene rings is 1. The molecule has 0 unspecified atom stereocenters. The van der Waals surface area contributed by atoms with Crippen LogP contribution in [-0.4, -0.2) is 43.4 Å². The average molecular weight is 360 g/mol. The first-order valence-electron chi connectivity index (χ1n) is 8.97. The van der Waals surface area contributed by atoms with Crippen LogP contribution in [0, 0.1) is 17.2 Å². The fraction of sp³-hybridized carbons (Fsp3) is 0.600. The van der Waals surface area contributed by atoms with E-state index in [1.807, 2.05) is 39.0 Å². The number of nitriles is 1. The molecule has 1 saturated heterocycles. The Morgan fingerprint density at radius 1 is 1.27 bits per heavy atom. The minimum atomic E-state index is -0.470. The number of nitrogens with zero attached hydrogens (tertiary/aromatic N) is 2. The first-order chi connectivity index (χ1) is 12.3. The van der Waals surface area contributed by atoms with Crippen LogP contribution in [0.15, 0.2) is 18.2 Å². The van der Waals surface area contributed by atoms with Crippen LogP contribution in [-0.2, 0) is 11.2 Å². The summed E-state index contributed by atoms with van der Waals surface area (Å²) in [5.41, 5.74) is 0.435. The quantitative estimate of drug-likeness (QED) is 0.799. The lowest BCUT2D eigenvalue weighted by Gasteiger charge is -2.33. The molecule has 0 bridgehead atoms. The van der Waals surface area contributed by atoms with E-state index in [1.54, 1.807) is 12.0 Å². The van der Waals surface area contributed by atoms with Crippen molar-refractivity contribution in [2.45, 2.75) is 45.6 Å². The zero-order valence-electron chi connectivity index (χ0n) is 16.1. The van der Waals surface area contributed by atoms with Crippen molar-refractivity contribution >= 4 is 6.09 Å². The number of hydrogen-bond donors (Lipinski definition) is 0. The molecule has 6 heteroatoms. The first-order valence-corrected chi connectivity index (χ1v) is 8.97. The van der Waals surface area contributed by atoms with Gasteiger partial charge in [0.05, 0.1) is 26.2 Å². The molecule has 142 valence electrons. The van der Waals surface area contributed by atoms with Gasteiger partial charge in [0.2, 0.25) is 0 Å². The van der Waals surface area contributed by atoms with Crippen molar-refractivity contribution in [1.82, 2.24) is 4.90 Å². The van der Waals surface area contributed by atoms with E-state index in [0.29, 0.717) is 43.5 Å². The highest BCUT2D eigenvalue weighted by Gasteiger charge is 2.27. The summed E-state index contributed by atoms with van der Waals surface area (Å²) in [4.78, 5) is 13.9. The Balaban J connectivity index is 1.86. The molecule has 1 aliphatic heterocycles. The van der Waals surface area contributed by atoms with E-state index in [-0.39, 0.29) is 6.09 Å². The number of methoxy groups -OCH3 is 1. The molecular formula is C20H28N2O4. The third-order valence-electron chi connectivity index (χ3n) is 4.25. The molecule has 1 amide bonds. The van der Waals surface area contributed by atoms with Gasteiger partial charge in [-0.05, 0) is 57.2 Å². The normalized spacial score (nSPS) is 15.3. The summed E-state index contributed by atoms with van der Waals surface area (Å²) in [5, 5.41) is 8.85. The number of amides is 1. The molecule has 26 heavy (non-hydrogen) atoms. The summed E-state index contributed by atoms with van der Waals surface area (Å²) in [6.45, 7) is 7.54. The van der Waals surface area contributed by atoms with Gasteiger partial charge in [-0.1, -0.05) is 6.07 Å². The number of hydrogen-bond acceptors (Lipinski definition) is 5. The maximum absolute atomic E-state index is 12.1. The molecule has 0 atom stereocenters. The third-order valence-corrected chi connectivity index (χ3v) is 4.25. The van der Waals surface area contributed by atoms with Gasteiger partial charge >= 0.3 is 6.09 Å². The van der Waals surface area contributed by atoms with Crippen LogP contribution < -0.4 is 9.47 Å². The molecule has 1 fully saturated rings. The summed E-state index contributed by atoms with van der Waals surface area (Å²) < 4.78 is 16.7. The number of carbonyl (C=O) groups excluding carboxylic acids is 1. The average Bonchev–Trinajstić information content (AvgIpc) is 2.59. The van der Waals surface area contributed by atoms with E-state index >= 15 is 0 Å². The van der Waals surface area contributed by atoms with Gasteiger partial charge in [-0.15, -0.1) is 0 Å². The number of ether oxygens (including phenoxy) is 3. The molecule has 0 N–H and O–H groups in total. The molecule has 1 aromatic rings. The van der Waals surface area contributed by atoms with E-state index in [0.717, 1.165) is 18.4 Å². The van der Waals surface area contributed by atoms with Crippen molar-refractivity contribution in [2.75, 3.05) is 26.8 Å². The maximum Gasteiger partial charge on any atom is 0.410 e. The highest BCUT2D eigenvalue weighted by atomic mass is 16.6. The van der Waals surface area contributed by atoms with E-state index in [2.05, 4.69) is 6.07 Å². The Kier molecular flexibility index (Phi) is 6.73. The van der Waals surface area contributed by atoms with Crippen molar-refractivity contribution in [1.29, 1.82) is 5.26 Å². The Labute approximate surface area is 155 Å². The van der Waals surface area contributed by atoms with Crippen LogP contribution >= 0.6 is 0 Å². The Morgan fingerprint density at radius 3 is 2.54 bits per heavy atom. The molecular weight excluding hydrogens is 332 g/mol. The third kappa shape index (κ3) is 5.83. The second-order valence-corrected chi connectivity index (χ2v) is 7.54. The van der Waals surface area contributed by atoms with Crippen molar-refractivity contribution in [2.24, 2.45) is 5.92 Å². The smallest absolute Gasteiger partial charge is 0.410 e. The predicted molar refractivity (Wildman–Crippen MR) is 98.3 cm³/mol. The van der Waals surface area contributed by atoms with Gasteiger partial charge in [0.1, 0.15) is 5.60 Å². The minimum absolute atomic E-state index is 0.247. The molecule has 6 nitrogen and oxygen atoms in total. The highest BCUT2D eigenvalue weighted by Crippen LogP contribution is 2.30. The summed E-state index contributed by atoms with van der Waals surface area (Å²) in [6, 6.07) is 7.69. The van der Waals surface area contributed by atoms with Gasteiger partial charge in [0, 0.05) is 13.1 Å². The Morgan fingerprint density at radius 2 is 1.96 bits per heavy atom. The van der Waals surface area contributed by atoms with Gasteiger partial charge in [-0.2, -0.15) is 5.26 Å². The standard InChI is InChI=1S/C20H28N2O4/c1-20(2,3)26-19(23)22-11-8-16(9-12-22)14-25-18-13-15(7-10-21)5-6-17(18)24-4/h5-6,13,16H,7-9,11-12,14H2,1-4H3. The number of carbonyl (C=O) groups is 1. The van der Waals surface area contributed by atoms with Crippen LogP contribution in [0.25, 0.3) is 0 Å². The van der Waals surface area contributed by atoms with E-state index in [4.69, 9.17) is 19.5 Å². The summed E-state index contributed by atoms with van der Waals surface area (Å²) in [5.74, 6) is 1.70. The van der Waals surface area contributed by atoms with E-state index in [1.165, 1.54) is 0 Å². The number of rotatable bonds is 5. The van der Waals surface area contributed by atoms with Crippen molar-refractivity contribution < 1.29 is 19.0 Å².